The number of anilines is 3. The second-order valence-electron chi connectivity index (χ2n) is 17.3. The van der Waals surface area contributed by atoms with Gasteiger partial charge in [-0.1, -0.05) is 190 Å². The van der Waals surface area contributed by atoms with Crippen molar-refractivity contribution in [3.05, 3.63) is 236 Å². The average Bonchev–Trinajstić information content (AvgIpc) is 3.57. The molecule has 0 spiro atoms. The molecule has 0 saturated carbocycles. The Morgan fingerprint density at radius 2 is 0.742 bits per heavy atom. The molecule has 1 nitrogen and oxygen atoms in total. The third-order valence-electron chi connectivity index (χ3n) is 13.5. The summed E-state index contributed by atoms with van der Waals surface area (Å²) in [7, 11) is 0. The zero-order valence-corrected chi connectivity index (χ0v) is 34.8. The summed E-state index contributed by atoms with van der Waals surface area (Å²) in [4.78, 5) is 2.42. The molecule has 0 heterocycles. The van der Waals surface area contributed by atoms with E-state index in [1.807, 2.05) is 0 Å². The number of hydrogen-bond acceptors (Lipinski definition) is 1. The van der Waals surface area contributed by atoms with Crippen molar-refractivity contribution in [1.29, 1.82) is 0 Å². The van der Waals surface area contributed by atoms with Gasteiger partial charge in [-0.05, 0) is 147 Å². The fraction of sp³-hybridized carbons (Fsp3) is 0.0492. The van der Waals surface area contributed by atoms with Crippen LogP contribution >= 0.6 is 0 Å². The van der Waals surface area contributed by atoms with Gasteiger partial charge in [-0.25, -0.2) is 0 Å². The molecule has 0 N–H and O–H groups in total. The molecule has 1 aliphatic rings. The molecule has 0 unspecified atom stereocenters. The Labute approximate surface area is 362 Å². The summed E-state index contributed by atoms with van der Waals surface area (Å²) >= 11 is 0. The fourth-order valence-corrected chi connectivity index (χ4v) is 10.4. The van der Waals surface area contributed by atoms with Gasteiger partial charge in [0.15, 0.2) is 0 Å². The Bertz CT molecular complexity index is 3520. The number of fused-ring (bicyclic) bond motifs is 10. The van der Waals surface area contributed by atoms with Crippen molar-refractivity contribution in [2.45, 2.75) is 19.3 Å². The van der Waals surface area contributed by atoms with Gasteiger partial charge in [0.05, 0.1) is 0 Å². The molecule has 11 aromatic carbocycles. The first kappa shape index (κ1) is 36.1. The van der Waals surface area contributed by atoms with Gasteiger partial charge in [0.25, 0.3) is 0 Å². The fourth-order valence-electron chi connectivity index (χ4n) is 10.4. The number of benzene rings is 11. The van der Waals surface area contributed by atoms with Crippen molar-refractivity contribution in [3.63, 3.8) is 0 Å². The maximum absolute atomic E-state index is 2.46. The van der Waals surface area contributed by atoms with Gasteiger partial charge >= 0.3 is 0 Å². The van der Waals surface area contributed by atoms with Crippen LogP contribution < -0.4 is 4.90 Å². The van der Waals surface area contributed by atoms with E-state index in [1.165, 1.54) is 98.7 Å². The summed E-state index contributed by atoms with van der Waals surface area (Å²) in [6.07, 6.45) is 0. The molecule has 0 aromatic heterocycles. The highest BCUT2D eigenvalue weighted by Gasteiger charge is 2.35. The minimum absolute atomic E-state index is 0.113. The number of nitrogens with zero attached hydrogens (tertiary/aromatic N) is 1. The first-order chi connectivity index (χ1) is 30.5. The van der Waals surface area contributed by atoms with Crippen molar-refractivity contribution in [3.8, 4) is 44.5 Å². The van der Waals surface area contributed by atoms with Gasteiger partial charge < -0.3 is 4.90 Å². The Kier molecular flexibility index (Phi) is 8.27. The van der Waals surface area contributed by atoms with Crippen molar-refractivity contribution >= 4 is 60.2 Å². The predicted molar refractivity (Wildman–Crippen MR) is 265 cm³/mol. The molecule has 292 valence electrons. The van der Waals surface area contributed by atoms with Crippen LogP contribution in [0.1, 0.15) is 25.0 Å². The number of rotatable bonds is 6. The van der Waals surface area contributed by atoms with Crippen molar-refractivity contribution in [1.82, 2.24) is 0 Å². The Morgan fingerprint density at radius 3 is 1.42 bits per heavy atom. The Hall–Kier alpha value is -7.74. The summed E-state index contributed by atoms with van der Waals surface area (Å²) in [5, 5.41) is 10.2. The van der Waals surface area contributed by atoms with Gasteiger partial charge in [-0.3, -0.25) is 0 Å². The highest BCUT2D eigenvalue weighted by Crippen LogP contribution is 2.51. The maximum atomic E-state index is 2.46. The van der Waals surface area contributed by atoms with Crippen LogP contribution in [0.5, 0.6) is 0 Å². The molecule has 1 heteroatoms. The Balaban J connectivity index is 1.05. The van der Waals surface area contributed by atoms with Crippen LogP contribution in [0.2, 0.25) is 0 Å². The highest BCUT2D eigenvalue weighted by molar-refractivity contribution is 6.27. The van der Waals surface area contributed by atoms with Crippen molar-refractivity contribution < 1.29 is 0 Å². The van der Waals surface area contributed by atoms with Crippen LogP contribution in [0.25, 0.3) is 87.6 Å². The smallest absolute Gasteiger partial charge is 0.0465 e. The normalized spacial score (nSPS) is 12.8. The molecule has 1 aliphatic carbocycles. The summed E-state index contributed by atoms with van der Waals surface area (Å²) in [5.41, 5.74) is 15.9. The molecule has 0 bridgehead atoms. The molecule has 0 amide bonds. The first-order valence-corrected chi connectivity index (χ1v) is 21.7. The zero-order valence-electron chi connectivity index (χ0n) is 34.8. The van der Waals surface area contributed by atoms with E-state index in [9.17, 15) is 0 Å². The monoisotopic (exact) mass is 789 g/mol. The van der Waals surface area contributed by atoms with E-state index < -0.39 is 0 Å². The quantitative estimate of drug-likeness (QED) is 0.152. The molecule has 12 rings (SSSR count). The van der Waals surface area contributed by atoms with E-state index in [0.29, 0.717) is 0 Å². The van der Waals surface area contributed by atoms with Crippen LogP contribution in [0, 0.1) is 0 Å². The molecule has 0 saturated heterocycles. The van der Waals surface area contributed by atoms with E-state index in [-0.39, 0.29) is 5.41 Å². The van der Waals surface area contributed by atoms with Gasteiger partial charge in [0, 0.05) is 22.5 Å². The van der Waals surface area contributed by atoms with E-state index in [1.54, 1.807) is 0 Å². The average molecular weight is 790 g/mol. The van der Waals surface area contributed by atoms with Gasteiger partial charge in [0.2, 0.25) is 0 Å². The lowest BCUT2D eigenvalue weighted by atomic mass is 9.82. The number of hydrogen-bond donors (Lipinski definition) is 0. The standard InChI is InChI=1S/C61H43N/c1-61(2)59-26-13-12-24-53(59)54-36-35-46(37-60(54)61)62(44-31-27-41(28-32-44)40-15-4-3-5-16-40)45-33-29-43(30-34-45)55-38-57-51-22-10-8-20-49(51)50-21-9-11-23-52(50)58(57)39-56(55)48-25-14-18-42-17-6-7-19-47(42)48/h3-39H,1-2H3. The van der Waals surface area contributed by atoms with Crippen LogP contribution in [-0.2, 0) is 5.41 Å². The lowest BCUT2D eigenvalue weighted by Gasteiger charge is -2.28. The second-order valence-corrected chi connectivity index (χ2v) is 17.3. The lowest BCUT2D eigenvalue weighted by Crippen LogP contribution is -2.16. The molecule has 62 heavy (non-hydrogen) atoms. The molecular weight excluding hydrogens is 747 g/mol. The summed E-state index contributed by atoms with van der Waals surface area (Å²) in [6, 6.07) is 83.0. The molecule has 0 atom stereocenters. The summed E-state index contributed by atoms with van der Waals surface area (Å²) < 4.78 is 0. The topological polar surface area (TPSA) is 3.24 Å². The van der Waals surface area contributed by atoms with Gasteiger partial charge in [0.1, 0.15) is 0 Å². The molecular formula is C61H43N. The van der Waals surface area contributed by atoms with Crippen molar-refractivity contribution in [2.75, 3.05) is 4.90 Å². The van der Waals surface area contributed by atoms with Gasteiger partial charge in [-0.15, -0.1) is 0 Å². The lowest BCUT2D eigenvalue weighted by molar-refractivity contribution is 0.660. The Morgan fingerprint density at radius 1 is 0.274 bits per heavy atom. The molecule has 11 aromatic rings. The second kappa shape index (κ2) is 14.2. The maximum Gasteiger partial charge on any atom is 0.0465 e. The zero-order chi connectivity index (χ0) is 41.4. The van der Waals surface area contributed by atoms with Crippen LogP contribution in [0.3, 0.4) is 0 Å². The van der Waals surface area contributed by atoms with E-state index in [2.05, 4.69) is 243 Å². The molecule has 0 fully saturated rings. The minimum atomic E-state index is -0.113. The van der Waals surface area contributed by atoms with Gasteiger partial charge in [-0.2, -0.15) is 0 Å². The predicted octanol–water partition coefficient (Wildman–Crippen LogP) is 17.1. The van der Waals surface area contributed by atoms with Crippen LogP contribution in [0.15, 0.2) is 224 Å². The van der Waals surface area contributed by atoms with E-state index in [4.69, 9.17) is 0 Å². The largest absolute Gasteiger partial charge is 0.310 e. The minimum Gasteiger partial charge on any atom is -0.310 e. The summed E-state index contributed by atoms with van der Waals surface area (Å²) in [5.74, 6) is 0. The van der Waals surface area contributed by atoms with Crippen LogP contribution in [0.4, 0.5) is 17.1 Å². The molecule has 0 aliphatic heterocycles. The van der Waals surface area contributed by atoms with Crippen molar-refractivity contribution in [2.24, 2.45) is 0 Å². The first-order valence-electron chi connectivity index (χ1n) is 21.7. The molecule has 0 radical (unpaired) electrons. The highest BCUT2D eigenvalue weighted by atomic mass is 15.1. The van der Waals surface area contributed by atoms with Crippen LogP contribution in [-0.4, -0.2) is 0 Å². The van der Waals surface area contributed by atoms with E-state index >= 15 is 0 Å². The summed E-state index contributed by atoms with van der Waals surface area (Å²) in [6.45, 7) is 4.72. The third kappa shape index (κ3) is 5.70. The third-order valence-corrected chi connectivity index (χ3v) is 13.5. The SMILES string of the molecule is CC1(C)c2ccccc2-c2ccc(N(c3ccc(-c4ccccc4)cc3)c3ccc(-c4cc5c6ccccc6c6ccccc6c5cc4-c4cccc5ccccc45)cc3)cc21. The van der Waals surface area contributed by atoms with E-state index in [0.717, 1.165) is 17.1 Å².